The summed E-state index contributed by atoms with van der Waals surface area (Å²) < 4.78 is 5.78. The Balaban J connectivity index is 0.00000392. The van der Waals surface area contributed by atoms with E-state index in [1.165, 1.54) is 0 Å². The Labute approximate surface area is 185 Å². The van der Waals surface area contributed by atoms with Crippen molar-refractivity contribution < 1.29 is 9.53 Å². The zero-order valence-corrected chi connectivity index (χ0v) is 19.6. The van der Waals surface area contributed by atoms with Crippen molar-refractivity contribution in [1.29, 1.82) is 0 Å². The fourth-order valence-electron chi connectivity index (χ4n) is 2.83. The fraction of sp³-hybridized carbons (Fsp3) is 0.600. The average molecular weight is 503 g/mol. The molecular weight excluding hydrogens is 469 g/mol. The minimum absolute atomic E-state index is 0. The number of guanidine groups is 1. The average Bonchev–Trinajstić information content (AvgIpc) is 3.19. The number of carbonyl (C=O) groups is 1. The molecule has 7 nitrogen and oxygen atoms in total. The summed E-state index contributed by atoms with van der Waals surface area (Å²) >= 11 is 0. The highest BCUT2D eigenvalue weighted by molar-refractivity contribution is 14.0. The van der Waals surface area contributed by atoms with Gasteiger partial charge in [-0.15, -0.1) is 24.0 Å². The summed E-state index contributed by atoms with van der Waals surface area (Å²) in [5, 5.41) is 6.33. The summed E-state index contributed by atoms with van der Waals surface area (Å²) in [6, 6.07) is 7.98. The Hall–Kier alpha value is -1.55. The van der Waals surface area contributed by atoms with Crippen LogP contribution in [0.25, 0.3) is 0 Å². The maximum atomic E-state index is 12.2. The number of ether oxygens (including phenoxy) is 1. The van der Waals surface area contributed by atoms with Crippen LogP contribution in [0.4, 0.5) is 0 Å². The van der Waals surface area contributed by atoms with E-state index in [9.17, 15) is 4.79 Å². The molecule has 1 aromatic carbocycles. The Kier molecular flexibility index (Phi) is 11.9. The number of carbonyl (C=O) groups excluding carboxylic acids is 1. The first-order chi connectivity index (χ1) is 13.1. The lowest BCUT2D eigenvalue weighted by Gasteiger charge is -2.17. The molecule has 0 unspecified atom stereocenters. The van der Waals surface area contributed by atoms with Crippen molar-refractivity contribution in [3.8, 4) is 5.75 Å². The molecule has 28 heavy (non-hydrogen) atoms. The van der Waals surface area contributed by atoms with Crippen molar-refractivity contribution in [3.05, 3.63) is 29.8 Å². The number of halogens is 1. The van der Waals surface area contributed by atoms with Gasteiger partial charge in [-0.2, -0.15) is 0 Å². The molecule has 1 aliphatic heterocycles. The quantitative estimate of drug-likeness (QED) is 0.306. The Morgan fingerprint density at radius 3 is 2.68 bits per heavy atom. The first-order valence-electron chi connectivity index (χ1n) is 9.75. The van der Waals surface area contributed by atoms with Crippen molar-refractivity contribution in [2.24, 2.45) is 4.99 Å². The number of benzene rings is 1. The van der Waals surface area contributed by atoms with E-state index < -0.39 is 0 Å². The van der Waals surface area contributed by atoms with Gasteiger partial charge in [0.05, 0.1) is 13.1 Å². The Bertz CT molecular complexity index is 618. The molecule has 1 amide bonds. The van der Waals surface area contributed by atoms with E-state index in [0.29, 0.717) is 19.1 Å². The second-order valence-electron chi connectivity index (χ2n) is 6.94. The van der Waals surface area contributed by atoms with Gasteiger partial charge in [0.2, 0.25) is 5.91 Å². The van der Waals surface area contributed by atoms with Gasteiger partial charge in [-0.05, 0) is 51.6 Å². The van der Waals surface area contributed by atoms with E-state index >= 15 is 0 Å². The van der Waals surface area contributed by atoms with Gasteiger partial charge < -0.3 is 25.2 Å². The SMILES string of the molecule is CCNC(=NCc1cccc(OCCN(C)C)c1)NCC(=O)N1CCCC1.I. The Morgan fingerprint density at radius 2 is 2.00 bits per heavy atom. The van der Waals surface area contributed by atoms with Crippen molar-refractivity contribution in [2.75, 3.05) is 53.4 Å². The van der Waals surface area contributed by atoms with Gasteiger partial charge in [0.15, 0.2) is 5.96 Å². The van der Waals surface area contributed by atoms with Crippen LogP contribution in [0.1, 0.15) is 25.3 Å². The van der Waals surface area contributed by atoms with Crippen LogP contribution >= 0.6 is 24.0 Å². The molecule has 8 heteroatoms. The number of likely N-dealkylation sites (N-methyl/N-ethyl adjacent to an activating group) is 1. The van der Waals surface area contributed by atoms with Gasteiger partial charge in [-0.1, -0.05) is 12.1 Å². The summed E-state index contributed by atoms with van der Waals surface area (Å²) in [6.07, 6.45) is 2.21. The van der Waals surface area contributed by atoms with Gasteiger partial charge in [0.25, 0.3) is 0 Å². The Morgan fingerprint density at radius 1 is 1.25 bits per heavy atom. The lowest BCUT2D eigenvalue weighted by molar-refractivity contribution is -0.128. The second kappa shape index (κ2) is 13.6. The molecule has 0 spiro atoms. The largest absolute Gasteiger partial charge is 0.492 e. The number of nitrogens with one attached hydrogen (secondary N) is 2. The molecule has 2 N–H and O–H groups in total. The molecule has 1 heterocycles. The highest BCUT2D eigenvalue weighted by atomic mass is 127. The van der Waals surface area contributed by atoms with Gasteiger partial charge in [-0.3, -0.25) is 4.79 Å². The molecule has 1 aliphatic rings. The number of hydrogen-bond donors (Lipinski definition) is 2. The second-order valence-corrected chi connectivity index (χ2v) is 6.94. The van der Waals surface area contributed by atoms with Crippen molar-refractivity contribution >= 4 is 35.8 Å². The summed E-state index contributed by atoms with van der Waals surface area (Å²) in [7, 11) is 4.05. The molecular formula is C20H34IN5O2. The molecule has 0 bridgehead atoms. The maximum absolute atomic E-state index is 12.2. The monoisotopic (exact) mass is 503 g/mol. The summed E-state index contributed by atoms with van der Waals surface area (Å²) in [5.41, 5.74) is 1.07. The van der Waals surface area contributed by atoms with E-state index in [1.807, 2.05) is 50.2 Å². The fourth-order valence-corrected chi connectivity index (χ4v) is 2.83. The molecule has 0 radical (unpaired) electrons. The van der Waals surface area contributed by atoms with E-state index in [2.05, 4.69) is 20.5 Å². The van der Waals surface area contributed by atoms with Crippen LogP contribution in [0, 0.1) is 0 Å². The lowest BCUT2D eigenvalue weighted by Crippen LogP contribution is -2.44. The number of hydrogen-bond acceptors (Lipinski definition) is 4. The van der Waals surface area contributed by atoms with Crippen molar-refractivity contribution in [3.63, 3.8) is 0 Å². The minimum Gasteiger partial charge on any atom is -0.492 e. The third kappa shape index (κ3) is 9.09. The summed E-state index contributed by atoms with van der Waals surface area (Å²) in [6.45, 7) is 6.84. The zero-order valence-electron chi connectivity index (χ0n) is 17.2. The van der Waals surface area contributed by atoms with Gasteiger partial charge in [0, 0.05) is 26.2 Å². The number of likely N-dealkylation sites (tertiary alicyclic amines) is 1. The highest BCUT2D eigenvalue weighted by Gasteiger charge is 2.17. The first-order valence-corrected chi connectivity index (χ1v) is 9.75. The molecule has 158 valence electrons. The molecule has 1 saturated heterocycles. The van der Waals surface area contributed by atoms with Crippen molar-refractivity contribution in [2.45, 2.75) is 26.3 Å². The molecule has 2 rings (SSSR count). The molecule has 0 aromatic heterocycles. The lowest BCUT2D eigenvalue weighted by atomic mass is 10.2. The summed E-state index contributed by atoms with van der Waals surface area (Å²) in [4.78, 5) is 20.8. The van der Waals surface area contributed by atoms with Crippen LogP contribution in [0.15, 0.2) is 29.3 Å². The third-order valence-corrected chi connectivity index (χ3v) is 4.34. The molecule has 1 aromatic rings. The topological polar surface area (TPSA) is 69.2 Å². The van der Waals surface area contributed by atoms with Crippen LogP contribution in [-0.4, -0.2) is 75.1 Å². The number of amides is 1. The zero-order chi connectivity index (χ0) is 19.5. The molecule has 0 aliphatic carbocycles. The molecule has 1 fully saturated rings. The molecule has 0 atom stereocenters. The standard InChI is InChI=1S/C20H33N5O2.HI/c1-4-21-20(23-16-19(26)25-10-5-6-11-25)22-15-17-8-7-9-18(14-17)27-13-12-24(2)3;/h7-9,14H,4-6,10-13,15-16H2,1-3H3,(H2,21,22,23);1H. The maximum Gasteiger partial charge on any atom is 0.241 e. The van der Waals surface area contributed by atoms with Crippen LogP contribution in [0.5, 0.6) is 5.75 Å². The van der Waals surface area contributed by atoms with Gasteiger partial charge in [-0.25, -0.2) is 4.99 Å². The van der Waals surface area contributed by atoms with Crippen LogP contribution in [0.2, 0.25) is 0 Å². The normalized spacial score (nSPS) is 14.0. The van der Waals surface area contributed by atoms with Gasteiger partial charge in [0.1, 0.15) is 12.4 Å². The number of aliphatic imine (C=N–C) groups is 1. The minimum atomic E-state index is 0. The number of nitrogens with zero attached hydrogens (tertiary/aromatic N) is 3. The smallest absolute Gasteiger partial charge is 0.241 e. The van der Waals surface area contributed by atoms with E-state index in [0.717, 1.165) is 50.3 Å². The van der Waals surface area contributed by atoms with E-state index in [1.54, 1.807) is 0 Å². The number of rotatable bonds is 9. The highest BCUT2D eigenvalue weighted by Crippen LogP contribution is 2.14. The predicted molar refractivity (Wildman–Crippen MR) is 125 cm³/mol. The van der Waals surface area contributed by atoms with E-state index in [4.69, 9.17) is 4.74 Å². The van der Waals surface area contributed by atoms with Crippen molar-refractivity contribution in [1.82, 2.24) is 20.4 Å². The van der Waals surface area contributed by atoms with Gasteiger partial charge >= 0.3 is 0 Å². The predicted octanol–water partition coefficient (Wildman–Crippen LogP) is 1.92. The van der Waals surface area contributed by atoms with Crippen LogP contribution in [-0.2, 0) is 11.3 Å². The summed E-state index contributed by atoms with van der Waals surface area (Å²) in [5.74, 6) is 1.64. The van der Waals surface area contributed by atoms with Crippen LogP contribution in [0.3, 0.4) is 0 Å². The molecule has 0 saturated carbocycles. The van der Waals surface area contributed by atoms with Crippen LogP contribution < -0.4 is 15.4 Å². The first kappa shape index (κ1) is 24.5. The van der Waals surface area contributed by atoms with E-state index in [-0.39, 0.29) is 36.4 Å². The third-order valence-electron chi connectivity index (χ3n) is 4.34.